The van der Waals surface area contributed by atoms with Crippen LogP contribution in [-0.4, -0.2) is 51.8 Å². The number of carboxylic acids is 1. The molecule has 0 fully saturated rings. The molecular formula is C8H16NaO3. The molecule has 0 aliphatic heterocycles. The van der Waals surface area contributed by atoms with Gasteiger partial charge in [-0.25, -0.2) is 4.79 Å². The van der Waals surface area contributed by atoms with Crippen LogP contribution in [0.2, 0.25) is 0 Å². The van der Waals surface area contributed by atoms with Crippen LogP contribution >= 0.6 is 0 Å². The third-order valence-electron chi connectivity index (χ3n) is 1.62. The summed E-state index contributed by atoms with van der Waals surface area (Å²) >= 11 is 0. The molecular weight excluding hydrogens is 167 g/mol. The minimum absolute atomic E-state index is 0. The molecule has 3 nitrogen and oxygen atoms in total. The Labute approximate surface area is 95.5 Å². The maximum atomic E-state index is 10.1. The molecule has 4 heteroatoms. The van der Waals surface area contributed by atoms with Gasteiger partial charge in [0.05, 0.1) is 0 Å². The summed E-state index contributed by atoms with van der Waals surface area (Å²) in [6.07, 6.45) is 3.29. The van der Waals surface area contributed by atoms with Gasteiger partial charge in [0.15, 0.2) is 6.10 Å². The summed E-state index contributed by atoms with van der Waals surface area (Å²) in [6, 6.07) is 0. The van der Waals surface area contributed by atoms with Gasteiger partial charge in [-0.2, -0.15) is 0 Å². The van der Waals surface area contributed by atoms with Gasteiger partial charge >= 0.3 is 5.97 Å². The minimum Gasteiger partial charge on any atom is -0.479 e. The van der Waals surface area contributed by atoms with Crippen molar-refractivity contribution in [2.45, 2.75) is 45.1 Å². The summed E-state index contributed by atoms with van der Waals surface area (Å²) in [4.78, 5) is 10.1. The van der Waals surface area contributed by atoms with Crippen LogP contribution in [0.5, 0.6) is 0 Å². The molecule has 0 aromatic rings. The number of hydrogen-bond acceptors (Lipinski definition) is 2. The van der Waals surface area contributed by atoms with Gasteiger partial charge in [0.2, 0.25) is 0 Å². The van der Waals surface area contributed by atoms with Gasteiger partial charge in [-0.3, -0.25) is 0 Å². The largest absolute Gasteiger partial charge is 0.479 e. The molecule has 12 heavy (non-hydrogen) atoms. The molecule has 1 radical (unpaired) electrons. The molecule has 0 aromatic heterocycles. The summed E-state index contributed by atoms with van der Waals surface area (Å²) in [6.45, 7) is 2.09. The smallest absolute Gasteiger partial charge is 0.332 e. The van der Waals surface area contributed by atoms with Crippen molar-refractivity contribution in [2.75, 3.05) is 0 Å². The van der Waals surface area contributed by atoms with Crippen molar-refractivity contribution in [3.63, 3.8) is 0 Å². The van der Waals surface area contributed by atoms with Gasteiger partial charge in [0.1, 0.15) is 0 Å². The summed E-state index contributed by atoms with van der Waals surface area (Å²) in [5.41, 5.74) is 0. The Balaban J connectivity index is 0. The zero-order valence-electron chi connectivity index (χ0n) is 7.92. The van der Waals surface area contributed by atoms with Crippen molar-refractivity contribution < 1.29 is 15.0 Å². The molecule has 0 aliphatic rings. The Kier molecular flexibility index (Phi) is 11.8. The maximum Gasteiger partial charge on any atom is 0.332 e. The SMILES string of the molecule is CCCCCCC(O)C(=O)O.[Na]. The third kappa shape index (κ3) is 8.53. The van der Waals surface area contributed by atoms with Crippen LogP contribution in [0.1, 0.15) is 39.0 Å². The fourth-order valence-electron chi connectivity index (χ4n) is 0.888. The Morgan fingerprint density at radius 2 is 1.92 bits per heavy atom. The summed E-state index contributed by atoms with van der Waals surface area (Å²) < 4.78 is 0. The summed E-state index contributed by atoms with van der Waals surface area (Å²) in [5.74, 6) is -1.11. The average Bonchev–Trinajstić information content (AvgIpc) is 1.97. The molecule has 0 aliphatic carbocycles. The third-order valence-corrected chi connectivity index (χ3v) is 1.62. The summed E-state index contributed by atoms with van der Waals surface area (Å²) in [7, 11) is 0. The van der Waals surface area contributed by atoms with Crippen molar-refractivity contribution in [1.82, 2.24) is 0 Å². The van der Waals surface area contributed by atoms with E-state index >= 15 is 0 Å². The van der Waals surface area contributed by atoms with Gasteiger partial charge < -0.3 is 10.2 Å². The second kappa shape index (κ2) is 9.52. The first-order chi connectivity index (χ1) is 5.18. The van der Waals surface area contributed by atoms with Crippen molar-refractivity contribution >= 4 is 35.5 Å². The Bertz CT molecular complexity index is 117. The van der Waals surface area contributed by atoms with E-state index in [1.165, 1.54) is 0 Å². The Morgan fingerprint density at radius 1 is 1.33 bits per heavy atom. The van der Waals surface area contributed by atoms with Gasteiger partial charge in [-0.05, 0) is 6.42 Å². The van der Waals surface area contributed by atoms with Crippen LogP contribution in [0.15, 0.2) is 0 Å². The van der Waals surface area contributed by atoms with E-state index in [4.69, 9.17) is 10.2 Å². The zero-order valence-corrected chi connectivity index (χ0v) is 9.92. The van der Waals surface area contributed by atoms with E-state index in [1.807, 2.05) is 0 Å². The fourth-order valence-corrected chi connectivity index (χ4v) is 0.888. The number of aliphatic hydroxyl groups is 1. The molecule has 0 amide bonds. The predicted molar refractivity (Wildman–Crippen MR) is 48.2 cm³/mol. The number of unbranched alkanes of at least 4 members (excludes halogenated alkanes) is 3. The van der Waals surface area contributed by atoms with E-state index < -0.39 is 12.1 Å². The van der Waals surface area contributed by atoms with Crippen LogP contribution < -0.4 is 0 Å². The number of carbonyl (C=O) groups is 1. The second-order valence-electron chi connectivity index (χ2n) is 2.70. The van der Waals surface area contributed by atoms with Crippen molar-refractivity contribution in [2.24, 2.45) is 0 Å². The van der Waals surface area contributed by atoms with E-state index in [2.05, 4.69) is 6.92 Å². The Morgan fingerprint density at radius 3 is 2.33 bits per heavy atom. The van der Waals surface area contributed by atoms with Gasteiger partial charge in [-0.15, -0.1) is 0 Å². The molecule has 2 N–H and O–H groups in total. The standard InChI is InChI=1S/C8H16O3.Na/c1-2-3-4-5-6-7(9)8(10)11;/h7,9H,2-6H2,1H3,(H,10,11);. The van der Waals surface area contributed by atoms with Crippen LogP contribution in [-0.2, 0) is 4.79 Å². The predicted octanol–water partition coefficient (Wildman–Crippen LogP) is 1.02. The van der Waals surface area contributed by atoms with Crippen LogP contribution in [0.4, 0.5) is 0 Å². The van der Waals surface area contributed by atoms with Gasteiger partial charge in [-0.1, -0.05) is 32.6 Å². The van der Waals surface area contributed by atoms with E-state index in [0.29, 0.717) is 6.42 Å². The fraction of sp³-hybridized carbons (Fsp3) is 0.875. The van der Waals surface area contributed by atoms with Crippen LogP contribution in [0.25, 0.3) is 0 Å². The van der Waals surface area contributed by atoms with Crippen LogP contribution in [0.3, 0.4) is 0 Å². The van der Waals surface area contributed by atoms with Crippen molar-refractivity contribution in [3.8, 4) is 0 Å². The van der Waals surface area contributed by atoms with E-state index in [-0.39, 0.29) is 29.6 Å². The summed E-state index contributed by atoms with van der Waals surface area (Å²) in [5, 5.41) is 17.1. The quantitative estimate of drug-likeness (QED) is 0.477. The molecule has 0 bridgehead atoms. The van der Waals surface area contributed by atoms with Crippen molar-refractivity contribution in [3.05, 3.63) is 0 Å². The molecule has 0 saturated heterocycles. The van der Waals surface area contributed by atoms with Crippen LogP contribution in [0, 0.1) is 0 Å². The molecule has 0 rings (SSSR count). The molecule has 0 heterocycles. The number of aliphatic hydroxyl groups excluding tert-OH is 1. The topological polar surface area (TPSA) is 57.5 Å². The number of aliphatic carboxylic acids is 1. The molecule has 1 unspecified atom stereocenters. The van der Waals surface area contributed by atoms with Crippen molar-refractivity contribution in [1.29, 1.82) is 0 Å². The second-order valence-corrected chi connectivity index (χ2v) is 2.70. The number of carboxylic acid groups (broad SMARTS) is 1. The van der Waals surface area contributed by atoms with Gasteiger partial charge in [0, 0.05) is 29.6 Å². The Hall–Kier alpha value is 0.430. The molecule has 0 spiro atoms. The number of hydrogen-bond donors (Lipinski definition) is 2. The van der Waals surface area contributed by atoms with E-state index in [0.717, 1.165) is 25.7 Å². The monoisotopic (exact) mass is 183 g/mol. The first-order valence-electron chi connectivity index (χ1n) is 4.09. The molecule has 1 atom stereocenters. The van der Waals surface area contributed by atoms with Gasteiger partial charge in [0.25, 0.3) is 0 Å². The first-order valence-corrected chi connectivity index (χ1v) is 4.09. The molecule has 0 saturated carbocycles. The van der Waals surface area contributed by atoms with E-state index in [1.54, 1.807) is 0 Å². The normalized spacial score (nSPS) is 11.8. The maximum absolute atomic E-state index is 10.1. The minimum atomic E-state index is -1.16. The molecule has 67 valence electrons. The first kappa shape index (κ1) is 14.9. The average molecular weight is 183 g/mol. The molecule has 0 aromatic carbocycles. The van der Waals surface area contributed by atoms with E-state index in [9.17, 15) is 4.79 Å². The zero-order chi connectivity index (χ0) is 8.69. The number of rotatable bonds is 6.